The molecular weight excluding hydrogens is 429 g/mol. The third kappa shape index (κ3) is 14.7. The van der Waals surface area contributed by atoms with E-state index < -0.39 is 26.1 Å². The Kier molecular flexibility index (Phi) is 14.9. The van der Waals surface area contributed by atoms with Gasteiger partial charge in [-0.1, -0.05) is 13.6 Å². The van der Waals surface area contributed by atoms with Crippen molar-refractivity contribution in [3.63, 3.8) is 0 Å². The summed E-state index contributed by atoms with van der Waals surface area (Å²) in [6, 6.07) is 0. The standard InChI is InChI=1S/C16H31B2N4O8P/c1-17-8-15(26)21(11-14(25)20-12-23)5-4-19-13(24)10-22(16(27)9-18-2)6-7-30-31(3,28)29/h23H,4-12H2,1-3H3,(H,19,24)(H,20,25)(H,28,29). The maximum Gasteiger partial charge on any atom is 0.325 e. The molecule has 0 spiro atoms. The smallest absolute Gasteiger partial charge is 0.325 e. The van der Waals surface area contributed by atoms with Crippen LogP contribution in [0.1, 0.15) is 0 Å². The summed E-state index contributed by atoms with van der Waals surface area (Å²) >= 11 is 0. The molecule has 0 aliphatic carbocycles. The number of hydrogen-bond donors (Lipinski definition) is 4. The number of hydrogen-bond acceptors (Lipinski definition) is 7. The molecule has 4 N–H and O–H groups in total. The summed E-state index contributed by atoms with van der Waals surface area (Å²) in [4.78, 5) is 59.8. The Morgan fingerprint density at radius 3 is 1.87 bits per heavy atom. The number of nitrogens with zero attached hydrogens (tertiary/aromatic N) is 2. The van der Waals surface area contributed by atoms with E-state index in [9.17, 15) is 23.7 Å². The van der Waals surface area contributed by atoms with E-state index in [2.05, 4.69) is 10.6 Å². The quantitative estimate of drug-likeness (QED) is 0.117. The fraction of sp³-hybridized carbons (Fsp3) is 0.750. The zero-order valence-electron chi connectivity index (χ0n) is 18.2. The van der Waals surface area contributed by atoms with Crippen molar-refractivity contribution in [3.05, 3.63) is 0 Å². The lowest BCUT2D eigenvalue weighted by Crippen LogP contribution is -2.46. The van der Waals surface area contributed by atoms with Crippen LogP contribution in [0.2, 0.25) is 26.3 Å². The first kappa shape index (κ1) is 29.1. The average Bonchev–Trinajstić information content (AvgIpc) is 2.66. The van der Waals surface area contributed by atoms with E-state index in [0.29, 0.717) is 0 Å². The van der Waals surface area contributed by atoms with Gasteiger partial charge in [-0.3, -0.25) is 23.7 Å². The van der Waals surface area contributed by atoms with Crippen molar-refractivity contribution < 1.29 is 38.3 Å². The van der Waals surface area contributed by atoms with Crippen molar-refractivity contribution in [3.8, 4) is 0 Å². The number of aliphatic hydroxyl groups is 1. The van der Waals surface area contributed by atoms with E-state index in [0.717, 1.165) is 6.66 Å². The lowest BCUT2D eigenvalue weighted by Gasteiger charge is -2.24. The summed E-state index contributed by atoms with van der Waals surface area (Å²) in [5.74, 6) is -1.70. The predicted molar refractivity (Wildman–Crippen MR) is 116 cm³/mol. The number of carbonyl (C=O) groups excluding carboxylic acids is 4. The highest BCUT2D eigenvalue weighted by Crippen LogP contribution is 2.35. The topological polar surface area (TPSA) is 166 Å². The van der Waals surface area contributed by atoms with Crippen LogP contribution >= 0.6 is 7.60 Å². The van der Waals surface area contributed by atoms with Crippen LogP contribution in [0.25, 0.3) is 0 Å². The zero-order chi connectivity index (χ0) is 23.9. The van der Waals surface area contributed by atoms with Crippen molar-refractivity contribution in [2.45, 2.75) is 26.3 Å². The largest absolute Gasteiger partial charge is 0.376 e. The molecule has 15 heteroatoms. The molecule has 0 fully saturated rings. The van der Waals surface area contributed by atoms with Crippen molar-refractivity contribution in [2.24, 2.45) is 0 Å². The second-order valence-electron chi connectivity index (χ2n) is 6.60. The van der Waals surface area contributed by atoms with Crippen LogP contribution in [0.15, 0.2) is 0 Å². The van der Waals surface area contributed by atoms with E-state index in [4.69, 9.17) is 14.5 Å². The average molecular weight is 460 g/mol. The van der Waals surface area contributed by atoms with Crippen LogP contribution in [-0.4, -0.2) is 111 Å². The SMILES string of the molecule is C[B]CC(=O)N(CCNC(=O)CN(CCOP(C)(=O)O)C(=O)C[B]C)CC(=O)NCO. The molecule has 0 aliphatic heterocycles. The number of rotatable bonds is 16. The van der Waals surface area contributed by atoms with Crippen molar-refractivity contribution in [1.82, 2.24) is 20.4 Å². The predicted octanol–water partition coefficient (Wildman–Crippen LogP) is -2.00. The van der Waals surface area contributed by atoms with Crippen LogP contribution in [0, 0.1) is 0 Å². The van der Waals surface area contributed by atoms with Crippen molar-refractivity contribution >= 4 is 45.8 Å². The molecule has 1 atom stereocenters. The van der Waals surface area contributed by atoms with Crippen LogP contribution in [0.3, 0.4) is 0 Å². The Labute approximate surface area is 184 Å². The van der Waals surface area contributed by atoms with E-state index >= 15 is 0 Å². The minimum atomic E-state index is -3.70. The Morgan fingerprint density at radius 2 is 1.42 bits per heavy atom. The molecule has 2 radical (unpaired) electrons. The Bertz CT molecular complexity index is 649. The lowest BCUT2D eigenvalue weighted by atomic mass is 9.77. The van der Waals surface area contributed by atoms with E-state index in [1.54, 1.807) is 28.2 Å². The third-order valence-corrected chi connectivity index (χ3v) is 4.47. The first-order valence-electron chi connectivity index (χ1n) is 9.74. The Balaban J connectivity index is 4.75. The monoisotopic (exact) mass is 460 g/mol. The second-order valence-corrected chi connectivity index (χ2v) is 8.46. The Morgan fingerprint density at radius 1 is 0.935 bits per heavy atom. The van der Waals surface area contributed by atoms with Gasteiger partial charge in [-0.15, -0.1) is 0 Å². The van der Waals surface area contributed by atoms with Gasteiger partial charge in [0.2, 0.25) is 23.6 Å². The fourth-order valence-electron chi connectivity index (χ4n) is 2.39. The number of amides is 4. The van der Waals surface area contributed by atoms with Gasteiger partial charge in [0.1, 0.15) is 21.3 Å². The molecule has 0 saturated carbocycles. The Hall–Kier alpha value is -1.88. The summed E-state index contributed by atoms with van der Waals surface area (Å²) in [5.41, 5.74) is 0. The normalized spacial score (nSPS) is 12.3. The van der Waals surface area contributed by atoms with Gasteiger partial charge in [-0.05, 0) is 12.6 Å². The molecule has 0 aromatic heterocycles. The molecule has 0 bridgehead atoms. The van der Waals surface area contributed by atoms with Gasteiger partial charge in [-0.25, -0.2) is 0 Å². The summed E-state index contributed by atoms with van der Waals surface area (Å²) < 4.78 is 16.0. The fourth-order valence-corrected chi connectivity index (χ4v) is 2.81. The summed E-state index contributed by atoms with van der Waals surface area (Å²) in [6.45, 7) is 3.14. The highest BCUT2D eigenvalue weighted by atomic mass is 31.2. The van der Waals surface area contributed by atoms with Crippen LogP contribution < -0.4 is 10.6 Å². The molecule has 1 unspecified atom stereocenters. The second kappa shape index (κ2) is 15.9. The minimum absolute atomic E-state index is 0.0416. The number of aliphatic hydroxyl groups excluding tert-OH is 1. The minimum Gasteiger partial charge on any atom is -0.376 e. The molecular formula is C16H31B2N4O8P. The molecule has 12 nitrogen and oxygen atoms in total. The zero-order valence-corrected chi connectivity index (χ0v) is 19.1. The molecule has 174 valence electrons. The number of nitrogens with one attached hydrogen (secondary N) is 2. The molecule has 0 saturated heterocycles. The van der Waals surface area contributed by atoms with Gasteiger partial charge in [0.25, 0.3) is 0 Å². The number of carbonyl (C=O) groups is 4. The molecule has 31 heavy (non-hydrogen) atoms. The highest BCUT2D eigenvalue weighted by Gasteiger charge is 2.20. The van der Waals surface area contributed by atoms with Gasteiger partial charge in [0.05, 0.1) is 19.7 Å². The molecule has 0 aromatic carbocycles. The first-order valence-corrected chi connectivity index (χ1v) is 11.8. The third-order valence-electron chi connectivity index (χ3n) is 3.80. The maximum atomic E-state index is 12.2. The van der Waals surface area contributed by atoms with Gasteiger partial charge < -0.3 is 35.0 Å². The molecule has 4 amide bonds. The van der Waals surface area contributed by atoms with Crippen LogP contribution in [0.4, 0.5) is 0 Å². The van der Waals surface area contributed by atoms with Crippen LogP contribution in [0.5, 0.6) is 0 Å². The van der Waals surface area contributed by atoms with Crippen molar-refractivity contribution in [2.75, 3.05) is 52.7 Å². The van der Waals surface area contributed by atoms with Gasteiger partial charge in [0, 0.05) is 26.3 Å². The first-order chi connectivity index (χ1) is 14.5. The summed E-state index contributed by atoms with van der Waals surface area (Å²) in [6.07, 6.45) is 0.203. The molecule has 0 aliphatic rings. The molecule has 0 aromatic rings. The maximum absolute atomic E-state index is 12.2. The van der Waals surface area contributed by atoms with E-state index in [-0.39, 0.29) is 63.8 Å². The molecule has 0 rings (SSSR count). The van der Waals surface area contributed by atoms with E-state index in [1.165, 1.54) is 9.80 Å². The van der Waals surface area contributed by atoms with Gasteiger partial charge in [-0.2, -0.15) is 0 Å². The summed E-state index contributed by atoms with van der Waals surface area (Å²) in [7, 11) is -0.441. The highest BCUT2D eigenvalue weighted by molar-refractivity contribution is 7.51. The van der Waals surface area contributed by atoms with Crippen LogP contribution in [-0.2, 0) is 28.3 Å². The molecule has 0 heterocycles. The van der Waals surface area contributed by atoms with Gasteiger partial charge >= 0.3 is 7.60 Å². The lowest BCUT2D eigenvalue weighted by molar-refractivity contribution is -0.135. The van der Waals surface area contributed by atoms with Gasteiger partial charge in [0.15, 0.2) is 0 Å². The summed E-state index contributed by atoms with van der Waals surface area (Å²) in [5, 5.41) is 13.5. The van der Waals surface area contributed by atoms with Crippen molar-refractivity contribution in [1.29, 1.82) is 0 Å². The van der Waals surface area contributed by atoms with E-state index in [1.807, 2.05) is 0 Å².